The molecule has 2 N–H and O–H groups in total. The number of aromatic amines is 2. The summed E-state index contributed by atoms with van der Waals surface area (Å²) in [4.78, 5) is 19.8. The summed E-state index contributed by atoms with van der Waals surface area (Å²) in [5.74, 6) is -2.47. The van der Waals surface area contributed by atoms with Gasteiger partial charge in [0, 0.05) is 12.4 Å². The maximum absolute atomic E-state index is 9.88. The third-order valence-electron chi connectivity index (χ3n) is 1.44. The molecule has 2 aromatic heterocycles. The molecule has 0 aliphatic carbocycles. The summed E-state index contributed by atoms with van der Waals surface area (Å²) in [7, 11) is 0. The van der Waals surface area contributed by atoms with E-state index in [1.54, 1.807) is 0 Å². The molecule has 2 heterocycles. The first-order chi connectivity index (χ1) is 7.61. The van der Waals surface area contributed by atoms with Crippen LogP contribution in [-0.4, -0.2) is 32.3 Å². The maximum Gasteiger partial charge on any atom is 2.00 e. The molecule has 0 saturated heterocycles. The fourth-order valence-electron chi connectivity index (χ4n) is 0.739. The third-order valence-corrected chi connectivity index (χ3v) is 1.44. The zero-order valence-corrected chi connectivity index (χ0v) is 11.5. The minimum Gasteiger partial charge on any atom is -0.543 e. The van der Waals surface area contributed by atoms with E-state index in [2.05, 4.69) is 20.4 Å². The number of carboxylic acids is 2. The molecule has 8 nitrogen and oxygen atoms in total. The minimum atomic E-state index is -1.23. The Kier molecular flexibility index (Phi) is 6.42. The Hall–Kier alpha value is -2.02. The number of carbonyl (C=O) groups excluding carboxylic acids is 2. The van der Waals surface area contributed by atoms with Gasteiger partial charge in [0.25, 0.3) is 0 Å². The average molecular weight is 288 g/mol. The fourth-order valence-corrected chi connectivity index (χ4v) is 0.739. The average Bonchev–Trinajstić information content (AvgIpc) is 2.93. The van der Waals surface area contributed by atoms with Gasteiger partial charge in [0.15, 0.2) is 0 Å². The molecule has 0 aromatic carbocycles. The van der Waals surface area contributed by atoms with E-state index in [9.17, 15) is 19.8 Å². The van der Waals surface area contributed by atoms with Crippen molar-refractivity contribution in [2.45, 2.75) is 0 Å². The Morgan fingerprint density at radius 2 is 1.29 bits per heavy atom. The van der Waals surface area contributed by atoms with Crippen molar-refractivity contribution in [3.63, 3.8) is 0 Å². The Labute approximate surface area is 108 Å². The van der Waals surface area contributed by atoms with E-state index >= 15 is 0 Å². The van der Waals surface area contributed by atoms with E-state index in [1.807, 2.05) is 0 Å². The molecule has 0 atom stereocenters. The van der Waals surface area contributed by atoms with Crippen molar-refractivity contribution in [3.8, 4) is 0 Å². The summed E-state index contributed by atoms with van der Waals surface area (Å²) < 4.78 is 0. The van der Waals surface area contributed by atoms with E-state index in [1.165, 1.54) is 24.5 Å². The summed E-state index contributed by atoms with van der Waals surface area (Å²) in [6.07, 6.45) is 2.70. The number of nitrogens with zero attached hydrogens (tertiary/aromatic N) is 2. The zero-order chi connectivity index (χ0) is 12.0. The minimum absolute atomic E-state index is 0. The van der Waals surface area contributed by atoms with Crippen molar-refractivity contribution < 1.29 is 39.3 Å². The smallest absolute Gasteiger partial charge is 0.543 e. The quantitative estimate of drug-likeness (QED) is 0.588. The van der Waals surface area contributed by atoms with Crippen LogP contribution in [0.25, 0.3) is 0 Å². The second kappa shape index (κ2) is 7.29. The van der Waals surface area contributed by atoms with Gasteiger partial charge >= 0.3 is 19.5 Å². The van der Waals surface area contributed by atoms with Crippen LogP contribution >= 0.6 is 0 Å². The van der Waals surface area contributed by atoms with Gasteiger partial charge in [-0.2, -0.15) is 10.2 Å². The molecule has 2 aromatic rings. The molecule has 0 fully saturated rings. The molecule has 84 valence electrons. The second-order valence-corrected chi connectivity index (χ2v) is 2.52. The van der Waals surface area contributed by atoms with Gasteiger partial charge in [-0.1, -0.05) is 0 Å². The standard InChI is InChI=1S/2C4H4N2O2.Zn/c2*7-4(8)3-1-2-5-6-3;/h2*1-2H,(H,5,6)(H,7,8);/q;;+2/p-2. The molecule has 0 aliphatic heterocycles. The normalized spacial score (nSPS) is 8.47. The largest absolute Gasteiger partial charge is 2.00 e. The molecule has 0 saturated carbocycles. The van der Waals surface area contributed by atoms with E-state index in [-0.39, 0.29) is 30.9 Å². The monoisotopic (exact) mass is 286 g/mol. The summed E-state index contributed by atoms with van der Waals surface area (Å²) in [5.41, 5.74) is 0.00926. The Morgan fingerprint density at radius 3 is 1.41 bits per heavy atom. The summed E-state index contributed by atoms with van der Waals surface area (Å²) in [6, 6.07) is 2.66. The van der Waals surface area contributed by atoms with Gasteiger partial charge < -0.3 is 19.8 Å². The third kappa shape index (κ3) is 5.03. The van der Waals surface area contributed by atoms with Crippen LogP contribution in [0.1, 0.15) is 21.0 Å². The second-order valence-electron chi connectivity index (χ2n) is 2.52. The van der Waals surface area contributed by atoms with Gasteiger partial charge in [-0.3, -0.25) is 10.2 Å². The van der Waals surface area contributed by atoms with E-state index in [4.69, 9.17) is 0 Å². The number of H-pyrrole nitrogens is 2. The molecular formula is C8H6N4O4Zn. The first-order valence-corrected chi connectivity index (χ1v) is 4.02. The summed E-state index contributed by atoms with van der Waals surface area (Å²) >= 11 is 0. The number of aromatic carboxylic acids is 2. The number of rotatable bonds is 2. The SMILES string of the molecule is O=C([O-])c1ccn[nH]1.O=C([O-])c1ccn[nH]1.[Zn+2]. The van der Waals surface area contributed by atoms with Crippen molar-refractivity contribution in [2.75, 3.05) is 0 Å². The van der Waals surface area contributed by atoms with Crippen LogP contribution in [0.5, 0.6) is 0 Å². The van der Waals surface area contributed by atoms with Gasteiger partial charge in [-0.15, -0.1) is 0 Å². The van der Waals surface area contributed by atoms with Gasteiger partial charge in [0.1, 0.15) is 0 Å². The molecule has 9 heteroatoms. The molecule has 2 rings (SSSR count). The van der Waals surface area contributed by atoms with Crippen LogP contribution < -0.4 is 10.2 Å². The number of carbonyl (C=O) groups is 2. The molecule has 0 amide bonds. The maximum atomic E-state index is 9.88. The van der Waals surface area contributed by atoms with Gasteiger partial charge in [0.2, 0.25) is 0 Å². The van der Waals surface area contributed by atoms with Crippen LogP contribution in [0, 0.1) is 0 Å². The fraction of sp³-hybridized carbons (Fsp3) is 0. The Bertz CT molecular complexity index is 410. The molecule has 0 unspecified atom stereocenters. The predicted octanol–water partition coefficient (Wildman–Crippen LogP) is -2.46. The summed E-state index contributed by atoms with van der Waals surface area (Å²) in [6.45, 7) is 0. The number of aromatic nitrogens is 4. The van der Waals surface area contributed by atoms with Crippen LogP contribution in [-0.2, 0) is 19.5 Å². The van der Waals surface area contributed by atoms with Gasteiger partial charge in [-0.25, -0.2) is 0 Å². The van der Waals surface area contributed by atoms with Crippen LogP contribution in [0.3, 0.4) is 0 Å². The number of carboxylic acid groups (broad SMARTS) is 2. The van der Waals surface area contributed by atoms with E-state index < -0.39 is 11.9 Å². The van der Waals surface area contributed by atoms with Crippen LogP contribution in [0.2, 0.25) is 0 Å². The van der Waals surface area contributed by atoms with Crippen molar-refractivity contribution in [1.82, 2.24) is 20.4 Å². The zero-order valence-electron chi connectivity index (χ0n) is 8.54. The Morgan fingerprint density at radius 1 is 0.941 bits per heavy atom. The molecule has 17 heavy (non-hydrogen) atoms. The topological polar surface area (TPSA) is 138 Å². The first-order valence-electron chi connectivity index (χ1n) is 4.02. The van der Waals surface area contributed by atoms with E-state index in [0.717, 1.165) is 0 Å². The molecule has 0 bridgehead atoms. The number of hydrogen-bond donors (Lipinski definition) is 2. The van der Waals surface area contributed by atoms with Crippen molar-refractivity contribution >= 4 is 11.9 Å². The van der Waals surface area contributed by atoms with E-state index in [0.29, 0.717) is 0 Å². The number of hydrogen-bond acceptors (Lipinski definition) is 6. The predicted molar refractivity (Wildman–Crippen MR) is 45.8 cm³/mol. The van der Waals surface area contributed by atoms with Crippen molar-refractivity contribution in [2.24, 2.45) is 0 Å². The van der Waals surface area contributed by atoms with Gasteiger partial charge in [-0.05, 0) is 12.1 Å². The van der Waals surface area contributed by atoms with Crippen molar-refractivity contribution in [3.05, 3.63) is 35.9 Å². The van der Waals surface area contributed by atoms with Gasteiger partial charge in [0.05, 0.1) is 23.3 Å². The first kappa shape index (κ1) is 15.0. The van der Waals surface area contributed by atoms with Crippen LogP contribution in [0.15, 0.2) is 24.5 Å². The Balaban J connectivity index is 0.000000284. The molecule has 0 radical (unpaired) electrons. The van der Waals surface area contributed by atoms with Crippen LogP contribution in [0.4, 0.5) is 0 Å². The molecule has 0 spiro atoms. The molecular weight excluding hydrogens is 282 g/mol. The van der Waals surface area contributed by atoms with Crippen molar-refractivity contribution in [1.29, 1.82) is 0 Å². The molecule has 0 aliphatic rings. The summed E-state index contributed by atoms with van der Waals surface area (Å²) in [5, 5.41) is 31.0. The number of nitrogens with one attached hydrogen (secondary N) is 2.